The van der Waals surface area contributed by atoms with E-state index in [1.165, 1.54) is 15.8 Å². The highest BCUT2D eigenvalue weighted by Gasteiger charge is 2.22. The molecule has 148 valence electrons. The number of fused-ring (bicyclic) bond motifs is 1. The summed E-state index contributed by atoms with van der Waals surface area (Å²) in [6.07, 6.45) is 7.42. The summed E-state index contributed by atoms with van der Waals surface area (Å²) in [6.45, 7) is 7.95. The molecule has 0 aliphatic carbocycles. The zero-order valence-electron chi connectivity index (χ0n) is 16.8. The summed E-state index contributed by atoms with van der Waals surface area (Å²) in [7, 11) is 1.91. The zero-order chi connectivity index (χ0) is 20.0. The molecular weight excluding hydrogens is 382 g/mol. The Labute approximate surface area is 173 Å². The van der Waals surface area contributed by atoms with Crippen molar-refractivity contribution in [2.75, 3.05) is 36.0 Å². The first kappa shape index (κ1) is 18.1. The average molecular weight is 406 g/mol. The number of aromatic nitrogens is 5. The Balaban J connectivity index is 1.32. The quantitative estimate of drug-likeness (QED) is 0.520. The predicted octanol–water partition coefficient (Wildman–Crippen LogP) is 3.43. The molecule has 0 atom stereocenters. The smallest absolute Gasteiger partial charge is 0.186 e. The van der Waals surface area contributed by atoms with Crippen molar-refractivity contribution in [1.29, 1.82) is 0 Å². The van der Waals surface area contributed by atoms with Crippen LogP contribution in [0.2, 0.25) is 0 Å². The van der Waals surface area contributed by atoms with Crippen LogP contribution in [0.4, 0.5) is 10.9 Å². The molecule has 0 N–H and O–H groups in total. The molecule has 1 aliphatic heterocycles. The Kier molecular flexibility index (Phi) is 4.43. The lowest BCUT2D eigenvalue weighted by atomic mass is 10.1. The van der Waals surface area contributed by atoms with Crippen LogP contribution >= 0.6 is 11.3 Å². The second kappa shape index (κ2) is 7.11. The number of nitrogens with zero attached hydrogens (tertiary/aromatic N) is 7. The lowest BCUT2D eigenvalue weighted by molar-refractivity contribution is 0.645. The first-order valence-corrected chi connectivity index (χ1v) is 10.6. The third-order valence-corrected chi connectivity index (χ3v) is 6.38. The number of benzene rings is 1. The molecule has 4 aromatic rings. The molecule has 0 radical (unpaired) electrons. The SMILES string of the molecule is Cc1cc(C)c2nc(N3CCN(c4cncc(-c5cnn(C)c5)n4)CC3)sc2c1. The van der Waals surface area contributed by atoms with Crippen molar-refractivity contribution in [2.24, 2.45) is 7.05 Å². The van der Waals surface area contributed by atoms with Crippen LogP contribution in [-0.4, -0.2) is 50.9 Å². The molecule has 3 aromatic heterocycles. The average Bonchev–Trinajstić information content (AvgIpc) is 3.35. The zero-order valence-corrected chi connectivity index (χ0v) is 17.6. The topological polar surface area (TPSA) is 63.0 Å². The molecule has 1 fully saturated rings. The Morgan fingerprint density at radius 2 is 1.72 bits per heavy atom. The molecule has 4 heterocycles. The van der Waals surface area contributed by atoms with Crippen molar-refractivity contribution in [3.05, 3.63) is 48.0 Å². The Morgan fingerprint density at radius 3 is 2.48 bits per heavy atom. The van der Waals surface area contributed by atoms with Crippen LogP contribution in [0.15, 0.2) is 36.9 Å². The lowest BCUT2D eigenvalue weighted by Crippen LogP contribution is -2.46. The van der Waals surface area contributed by atoms with E-state index in [9.17, 15) is 0 Å². The van der Waals surface area contributed by atoms with Gasteiger partial charge in [-0.05, 0) is 31.0 Å². The van der Waals surface area contributed by atoms with Crippen LogP contribution in [0.1, 0.15) is 11.1 Å². The van der Waals surface area contributed by atoms with Gasteiger partial charge in [0.15, 0.2) is 5.13 Å². The molecule has 29 heavy (non-hydrogen) atoms. The monoisotopic (exact) mass is 405 g/mol. The van der Waals surface area contributed by atoms with Gasteiger partial charge in [0, 0.05) is 45.0 Å². The number of anilines is 2. The Hall–Kier alpha value is -3.00. The van der Waals surface area contributed by atoms with Gasteiger partial charge in [-0.25, -0.2) is 9.97 Å². The van der Waals surface area contributed by atoms with Crippen LogP contribution in [0.5, 0.6) is 0 Å². The molecule has 1 aromatic carbocycles. The highest BCUT2D eigenvalue weighted by atomic mass is 32.1. The van der Waals surface area contributed by atoms with Crippen LogP contribution in [0.25, 0.3) is 21.5 Å². The lowest BCUT2D eigenvalue weighted by Gasteiger charge is -2.35. The fourth-order valence-corrected chi connectivity index (χ4v) is 5.02. The minimum Gasteiger partial charge on any atom is -0.352 e. The largest absolute Gasteiger partial charge is 0.352 e. The van der Waals surface area contributed by atoms with E-state index in [1.807, 2.05) is 25.6 Å². The van der Waals surface area contributed by atoms with Gasteiger partial charge in [0.25, 0.3) is 0 Å². The maximum absolute atomic E-state index is 4.92. The predicted molar refractivity (Wildman–Crippen MR) is 118 cm³/mol. The summed E-state index contributed by atoms with van der Waals surface area (Å²) in [5.74, 6) is 0.918. The van der Waals surface area contributed by atoms with E-state index in [1.54, 1.807) is 22.2 Å². The van der Waals surface area contributed by atoms with E-state index in [2.05, 4.69) is 45.9 Å². The summed E-state index contributed by atoms with van der Waals surface area (Å²) in [5, 5.41) is 5.35. The molecule has 5 rings (SSSR count). The Bertz CT molecular complexity index is 1170. The molecule has 0 amide bonds. The first-order chi connectivity index (χ1) is 14.1. The summed E-state index contributed by atoms with van der Waals surface area (Å²) in [4.78, 5) is 18.8. The van der Waals surface area contributed by atoms with Crippen LogP contribution < -0.4 is 9.80 Å². The van der Waals surface area contributed by atoms with Gasteiger partial charge >= 0.3 is 0 Å². The normalized spacial score (nSPS) is 14.7. The minimum absolute atomic E-state index is 0.857. The molecule has 0 saturated carbocycles. The Morgan fingerprint density at radius 1 is 0.931 bits per heavy atom. The maximum Gasteiger partial charge on any atom is 0.186 e. The summed E-state index contributed by atoms with van der Waals surface area (Å²) >= 11 is 1.79. The molecular formula is C21H23N7S. The van der Waals surface area contributed by atoms with E-state index in [0.717, 1.165) is 53.9 Å². The van der Waals surface area contributed by atoms with Gasteiger partial charge in [-0.15, -0.1) is 0 Å². The van der Waals surface area contributed by atoms with Gasteiger partial charge in [-0.3, -0.25) is 9.67 Å². The van der Waals surface area contributed by atoms with Gasteiger partial charge in [0.2, 0.25) is 0 Å². The third kappa shape index (κ3) is 3.44. The molecule has 8 heteroatoms. The number of hydrogen-bond acceptors (Lipinski definition) is 7. The highest BCUT2D eigenvalue weighted by Crippen LogP contribution is 2.32. The van der Waals surface area contributed by atoms with Crippen molar-refractivity contribution >= 4 is 32.5 Å². The van der Waals surface area contributed by atoms with Crippen molar-refractivity contribution < 1.29 is 0 Å². The molecule has 1 aliphatic rings. The van der Waals surface area contributed by atoms with Crippen molar-refractivity contribution in [3.8, 4) is 11.3 Å². The van der Waals surface area contributed by atoms with Crippen molar-refractivity contribution in [2.45, 2.75) is 13.8 Å². The van der Waals surface area contributed by atoms with Crippen LogP contribution in [0, 0.1) is 13.8 Å². The fourth-order valence-electron chi connectivity index (χ4n) is 3.82. The standard InChI is InChI=1S/C21H23N7S/c1-14-8-15(2)20-18(9-14)29-21(25-20)28-6-4-27(5-7-28)19-12-22-11-17(24-19)16-10-23-26(3)13-16/h8-13H,4-7H2,1-3H3. The highest BCUT2D eigenvalue weighted by molar-refractivity contribution is 7.22. The van der Waals surface area contributed by atoms with Crippen molar-refractivity contribution in [3.63, 3.8) is 0 Å². The second-order valence-corrected chi connectivity index (χ2v) is 8.57. The number of piperazine rings is 1. The minimum atomic E-state index is 0.857. The molecule has 0 bridgehead atoms. The molecule has 7 nitrogen and oxygen atoms in total. The fraction of sp³-hybridized carbons (Fsp3) is 0.333. The maximum atomic E-state index is 4.92. The number of rotatable bonds is 3. The third-order valence-electron chi connectivity index (χ3n) is 5.32. The molecule has 0 unspecified atom stereocenters. The molecule has 0 spiro atoms. The number of thiazole rings is 1. The molecule has 1 saturated heterocycles. The van der Waals surface area contributed by atoms with Gasteiger partial charge < -0.3 is 9.80 Å². The van der Waals surface area contributed by atoms with Gasteiger partial charge in [-0.2, -0.15) is 5.10 Å². The first-order valence-electron chi connectivity index (χ1n) is 9.75. The summed E-state index contributed by atoms with van der Waals surface area (Å²) in [6, 6.07) is 4.44. The van der Waals surface area contributed by atoms with Gasteiger partial charge in [-0.1, -0.05) is 17.4 Å². The van der Waals surface area contributed by atoms with Gasteiger partial charge in [0.05, 0.1) is 34.5 Å². The van der Waals surface area contributed by atoms with E-state index < -0.39 is 0 Å². The van der Waals surface area contributed by atoms with E-state index in [-0.39, 0.29) is 0 Å². The number of hydrogen-bond donors (Lipinski definition) is 0. The van der Waals surface area contributed by atoms with Crippen molar-refractivity contribution in [1.82, 2.24) is 24.7 Å². The summed E-state index contributed by atoms with van der Waals surface area (Å²) < 4.78 is 3.05. The van der Waals surface area contributed by atoms with Crippen LogP contribution in [0.3, 0.4) is 0 Å². The van der Waals surface area contributed by atoms with E-state index >= 15 is 0 Å². The van der Waals surface area contributed by atoms with E-state index in [0.29, 0.717) is 0 Å². The summed E-state index contributed by atoms with van der Waals surface area (Å²) in [5.41, 5.74) is 5.52. The second-order valence-electron chi connectivity index (χ2n) is 7.56. The van der Waals surface area contributed by atoms with Crippen LogP contribution in [-0.2, 0) is 7.05 Å². The number of aryl methyl sites for hydroxylation is 3. The van der Waals surface area contributed by atoms with E-state index in [4.69, 9.17) is 9.97 Å². The van der Waals surface area contributed by atoms with Gasteiger partial charge in [0.1, 0.15) is 5.82 Å².